The molecule has 402 valence electrons. The third-order valence-electron chi connectivity index (χ3n) is 11.9. The quantitative estimate of drug-likeness (QED) is 0.0261. The van der Waals surface area contributed by atoms with Crippen LogP contribution < -0.4 is 0 Å². The van der Waals surface area contributed by atoms with Crippen LogP contribution in [0.3, 0.4) is 0 Å². The monoisotopic (exact) mass is 983 g/mol. The molecule has 0 unspecified atom stereocenters. The Morgan fingerprint density at radius 3 is 0.958 bits per heavy atom. The Labute approximate surface area is 437 Å². The highest BCUT2D eigenvalue weighted by molar-refractivity contribution is 5.71. The lowest BCUT2D eigenvalue weighted by molar-refractivity contribution is -0.166. The zero-order valence-electron chi connectivity index (χ0n) is 45.9. The Morgan fingerprint density at radius 1 is 0.296 bits per heavy atom. The van der Waals surface area contributed by atoms with Gasteiger partial charge in [0.15, 0.2) is 6.10 Å². The molecule has 1 atom stereocenters. The predicted octanol–water partition coefficient (Wildman–Crippen LogP) is 19.6. The van der Waals surface area contributed by atoms with Gasteiger partial charge in [-0.15, -0.1) is 0 Å². The van der Waals surface area contributed by atoms with Gasteiger partial charge < -0.3 is 14.2 Å². The number of allylic oxidation sites excluding steroid dienone is 20. The molecule has 6 heteroatoms. The summed E-state index contributed by atoms with van der Waals surface area (Å²) in [5.74, 6) is -1.02. The minimum atomic E-state index is -0.821. The molecule has 0 radical (unpaired) electrons. The maximum Gasteiger partial charge on any atom is 0.306 e. The van der Waals surface area contributed by atoms with Gasteiger partial charge >= 0.3 is 17.9 Å². The van der Waals surface area contributed by atoms with Crippen LogP contribution in [0.4, 0.5) is 0 Å². The maximum atomic E-state index is 12.9. The molecule has 0 spiro atoms. The molecule has 0 aliphatic heterocycles. The minimum absolute atomic E-state index is 0.114. The van der Waals surface area contributed by atoms with E-state index in [1.54, 1.807) is 0 Å². The summed E-state index contributed by atoms with van der Waals surface area (Å²) in [5.41, 5.74) is 0. The third kappa shape index (κ3) is 56.6. The van der Waals surface area contributed by atoms with Gasteiger partial charge in [-0.05, 0) is 116 Å². The molecular formula is C65H106O6. The maximum absolute atomic E-state index is 12.9. The van der Waals surface area contributed by atoms with Crippen molar-refractivity contribution >= 4 is 17.9 Å². The van der Waals surface area contributed by atoms with Crippen LogP contribution in [0.2, 0.25) is 0 Å². The van der Waals surface area contributed by atoms with Gasteiger partial charge in [-0.2, -0.15) is 0 Å². The van der Waals surface area contributed by atoms with Crippen LogP contribution in [0.25, 0.3) is 0 Å². The Hall–Kier alpha value is -4.19. The average molecular weight is 984 g/mol. The van der Waals surface area contributed by atoms with Crippen molar-refractivity contribution in [3.05, 3.63) is 122 Å². The first-order chi connectivity index (χ1) is 35.0. The van der Waals surface area contributed by atoms with Crippen molar-refractivity contribution in [2.24, 2.45) is 0 Å². The largest absolute Gasteiger partial charge is 0.462 e. The van der Waals surface area contributed by atoms with E-state index in [9.17, 15) is 14.4 Å². The number of hydrogen-bond acceptors (Lipinski definition) is 6. The van der Waals surface area contributed by atoms with Gasteiger partial charge in [0.2, 0.25) is 0 Å². The predicted molar refractivity (Wildman–Crippen MR) is 306 cm³/mol. The van der Waals surface area contributed by atoms with Gasteiger partial charge in [0, 0.05) is 19.3 Å². The van der Waals surface area contributed by atoms with E-state index in [0.29, 0.717) is 19.3 Å². The first kappa shape index (κ1) is 66.8. The van der Waals surface area contributed by atoms with E-state index < -0.39 is 6.10 Å². The molecule has 0 aromatic heterocycles. The lowest BCUT2D eigenvalue weighted by Crippen LogP contribution is -2.30. The number of unbranched alkanes of at least 4 members (excludes halogenated alkanes) is 20. The van der Waals surface area contributed by atoms with Crippen molar-refractivity contribution in [1.82, 2.24) is 0 Å². The summed E-state index contributed by atoms with van der Waals surface area (Å²) in [6.45, 7) is 6.33. The summed E-state index contributed by atoms with van der Waals surface area (Å²) in [4.78, 5) is 38.2. The van der Waals surface area contributed by atoms with Crippen molar-refractivity contribution in [1.29, 1.82) is 0 Å². The Balaban J connectivity index is 4.52. The summed E-state index contributed by atoms with van der Waals surface area (Å²) >= 11 is 0. The fourth-order valence-electron chi connectivity index (χ4n) is 7.65. The molecule has 0 aromatic carbocycles. The molecule has 0 N–H and O–H groups in total. The Morgan fingerprint density at radius 2 is 0.577 bits per heavy atom. The van der Waals surface area contributed by atoms with Gasteiger partial charge in [-0.1, -0.05) is 239 Å². The summed E-state index contributed by atoms with van der Waals surface area (Å²) in [7, 11) is 0. The number of ether oxygens (including phenoxy) is 3. The molecule has 0 fully saturated rings. The van der Waals surface area contributed by atoms with Gasteiger partial charge in [-0.3, -0.25) is 14.4 Å². The summed E-state index contributed by atoms with van der Waals surface area (Å²) < 4.78 is 16.8. The topological polar surface area (TPSA) is 78.9 Å². The van der Waals surface area contributed by atoms with Gasteiger partial charge in [0.25, 0.3) is 0 Å². The second kappa shape index (κ2) is 58.4. The van der Waals surface area contributed by atoms with Crippen molar-refractivity contribution < 1.29 is 28.6 Å². The fraction of sp³-hybridized carbons (Fsp3) is 0.646. The highest BCUT2D eigenvalue weighted by Crippen LogP contribution is 2.14. The smallest absolute Gasteiger partial charge is 0.306 e. The minimum Gasteiger partial charge on any atom is -0.462 e. The first-order valence-corrected chi connectivity index (χ1v) is 29.0. The molecule has 0 saturated heterocycles. The molecule has 0 heterocycles. The Bertz CT molecular complexity index is 1500. The van der Waals surface area contributed by atoms with Crippen molar-refractivity contribution in [3.63, 3.8) is 0 Å². The highest BCUT2D eigenvalue weighted by atomic mass is 16.6. The van der Waals surface area contributed by atoms with E-state index in [1.165, 1.54) is 89.9 Å². The zero-order valence-corrected chi connectivity index (χ0v) is 45.9. The average Bonchev–Trinajstić information content (AvgIpc) is 3.37. The number of esters is 3. The van der Waals surface area contributed by atoms with Crippen LogP contribution in [0, 0.1) is 0 Å². The molecule has 0 rings (SSSR count). The van der Waals surface area contributed by atoms with E-state index in [0.717, 1.165) is 116 Å². The standard InChI is InChI=1S/C65H106O6/c1-4-7-10-13-16-19-22-25-28-30-32-34-37-40-43-46-49-52-55-58-64(67)70-61-62(60-69-63(66)57-54-51-48-45-42-39-36-27-24-21-18-15-12-9-6-3)71-65(68)59-56-53-50-47-44-41-38-35-33-31-29-26-23-20-17-14-11-8-5-2/h7,9-10,12,16,18-19,21,25-29,32,34,36,40,43,49,52,62H,4-6,8,11,13-15,17,20,22-24,30-31,33,35,37-39,41-42,44-48,50-51,53-61H2,1-3H3/b10-7+,12-9+,19-16+,21-18+,28-25+,29-26+,34-32+,36-27+,43-40+,52-49+/t62-/m1/s1. The molecule has 0 saturated carbocycles. The summed E-state index contributed by atoms with van der Waals surface area (Å²) in [6, 6.07) is 0. The molecule has 6 nitrogen and oxygen atoms in total. The molecule has 0 amide bonds. The number of rotatable bonds is 51. The molecule has 71 heavy (non-hydrogen) atoms. The van der Waals surface area contributed by atoms with Crippen LogP contribution in [0.5, 0.6) is 0 Å². The van der Waals surface area contributed by atoms with E-state index in [1.807, 2.05) is 6.08 Å². The third-order valence-corrected chi connectivity index (χ3v) is 11.9. The second-order valence-corrected chi connectivity index (χ2v) is 18.8. The first-order valence-electron chi connectivity index (χ1n) is 29.0. The normalized spacial score (nSPS) is 13.0. The molecule has 0 aliphatic rings. The van der Waals surface area contributed by atoms with Gasteiger partial charge in [0.05, 0.1) is 0 Å². The molecule has 0 aliphatic carbocycles. The number of hydrogen-bond donors (Lipinski definition) is 0. The second-order valence-electron chi connectivity index (χ2n) is 18.8. The van der Waals surface area contributed by atoms with Crippen LogP contribution in [-0.4, -0.2) is 37.2 Å². The fourth-order valence-corrected chi connectivity index (χ4v) is 7.65. The van der Waals surface area contributed by atoms with Gasteiger partial charge in [-0.25, -0.2) is 0 Å². The molecule has 0 bridgehead atoms. The van der Waals surface area contributed by atoms with Crippen molar-refractivity contribution in [2.75, 3.05) is 13.2 Å². The zero-order chi connectivity index (χ0) is 51.4. The summed E-state index contributed by atoms with van der Waals surface area (Å²) in [5, 5.41) is 0. The van der Waals surface area contributed by atoms with Crippen LogP contribution in [0.15, 0.2) is 122 Å². The van der Waals surface area contributed by atoms with Crippen molar-refractivity contribution in [2.45, 2.75) is 258 Å². The lowest BCUT2D eigenvalue weighted by atomic mass is 10.1. The van der Waals surface area contributed by atoms with E-state index in [4.69, 9.17) is 14.2 Å². The number of carbonyl (C=O) groups excluding carboxylic acids is 3. The van der Waals surface area contributed by atoms with E-state index in [2.05, 4.69) is 136 Å². The van der Waals surface area contributed by atoms with E-state index >= 15 is 0 Å². The van der Waals surface area contributed by atoms with Crippen LogP contribution >= 0.6 is 0 Å². The van der Waals surface area contributed by atoms with Gasteiger partial charge in [0.1, 0.15) is 13.2 Å². The van der Waals surface area contributed by atoms with E-state index in [-0.39, 0.29) is 37.5 Å². The highest BCUT2D eigenvalue weighted by Gasteiger charge is 2.19. The summed E-state index contributed by atoms with van der Waals surface area (Å²) in [6.07, 6.45) is 80.6. The van der Waals surface area contributed by atoms with Crippen molar-refractivity contribution in [3.8, 4) is 0 Å². The SMILES string of the molecule is CC/C=C/C/C=C/C/C=C/C/C=C/C/C=C/C/C=C/CCC(=O)OC[C@@H](COC(=O)CCCCCCC/C=C/C/C=C/C/C=C/CC)OC(=O)CCCCCCCCCCC/C=C/CCCCCCCC. The lowest BCUT2D eigenvalue weighted by Gasteiger charge is -2.18. The number of carbonyl (C=O) groups is 3. The Kier molecular flexibility index (Phi) is 54.9. The van der Waals surface area contributed by atoms with Crippen LogP contribution in [0.1, 0.15) is 252 Å². The van der Waals surface area contributed by atoms with Crippen LogP contribution in [-0.2, 0) is 28.6 Å². The molecular weight excluding hydrogens is 877 g/mol. The molecule has 0 aromatic rings.